The van der Waals surface area contributed by atoms with E-state index in [1.165, 1.54) is 14.2 Å². The summed E-state index contributed by atoms with van der Waals surface area (Å²) in [5.41, 5.74) is 0.402. The highest BCUT2D eigenvalue weighted by Gasteiger charge is 2.51. The number of halogens is 1. The van der Waals surface area contributed by atoms with Crippen molar-refractivity contribution in [3.63, 3.8) is 0 Å². The molecule has 1 saturated carbocycles. The SMILES string of the molecule is COc1cc(NC(=O)[C@H]2[C@@H](C(=O)O)[C@H]3C=C[C@H]2C3)c(OC)cc1Cl. The number of benzene rings is 1. The van der Waals surface area contributed by atoms with Gasteiger partial charge in [0.05, 0.1) is 36.8 Å². The van der Waals surface area contributed by atoms with Gasteiger partial charge in [-0.15, -0.1) is 0 Å². The second-order valence-electron chi connectivity index (χ2n) is 6.01. The maximum Gasteiger partial charge on any atom is 0.307 e. The molecule has 1 fully saturated rings. The van der Waals surface area contributed by atoms with Crippen LogP contribution in [0.2, 0.25) is 5.02 Å². The highest BCUT2D eigenvalue weighted by Crippen LogP contribution is 2.48. The second-order valence-corrected chi connectivity index (χ2v) is 6.42. The van der Waals surface area contributed by atoms with Crippen LogP contribution in [-0.2, 0) is 9.59 Å². The van der Waals surface area contributed by atoms with Crippen molar-refractivity contribution in [1.82, 2.24) is 0 Å². The number of anilines is 1. The molecule has 7 heteroatoms. The van der Waals surface area contributed by atoms with Crippen molar-refractivity contribution in [2.75, 3.05) is 19.5 Å². The first-order valence-corrected chi connectivity index (χ1v) is 7.97. The van der Waals surface area contributed by atoms with Gasteiger partial charge in [0, 0.05) is 12.1 Å². The van der Waals surface area contributed by atoms with Crippen LogP contribution in [0.25, 0.3) is 0 Å². The molecule has 0 heterocycles. The minimum absolute atomic E-state index is 0.0451. The van der Waals surface area contributed by atoms with Gasteiger partial charge in [-0.05, 0) is 18.3 Å². The van der Waals surface area contributed by atoms with E-state index in [0.29, 0.717) is 28.6 Å². The molecule has 2 aliphatic carbocycles. The Bertz CT molecular complexity index is 717. The molecule has 0 spiro atoms. The number of hydrogen-bond donors (Lipinski definition) is 2. The molecule has 2 bridgehead atoms. The predicted octanol–water partition coefficient (Wildman–Crippen LogP) is 2.82. The molecule has 1 aromatic carbocycles. The molecule has 128 valence electrons. The third kappa shape index (κ3) is 2.71. The lowest BCUT2D eigenvalue weighted by Crippen LogP contribution is -2.36. The number of carbonyl (C=O) groups is 2. The monoisotopic (exact) mass is 351 g/mol. The molecule has 0 unspecified atom stereocenters. The zero-order valence-corrected chi connectivity index (χ0v) is 14.0. The molecule has 0 saturated heterocycles. The fourth-order valence-electron chi connectivity index (χ4n) is 3.69. The first-order chi connectivity index (χ1) is 11.5. The topological polar surface area (TPSA) is 84.9 Å². The number of carbonyl (C=O) groups excluding carboxylic acids is 1. The minimum atomic E-state index is -0.937. The lowest BCUT2D eigenvalue weighted by molar-refractivity contribution is -0.146. The highest BCUT2D eigenvalue weighted by molar-refractivity contribution is 6.32. The molecule has 1 amide bonds. The van der Waals surface area contributed by atoms with E-state index in [-0.39, 0.29) is 17.7 Å². The molecule has 0 aromatic heterocycles. The summed E-state index contributed by atoms with van der Waals surface area (Å²) in [6.07, 6.45) is 4.54. The number of aliphatic carboxylic acids is 1. The van der Waals surface area contributed by atoms with Crippen LogP contribution in [0.5, 0.6) is 11.5 Å². The average Bonchev–Trinajstić information content (AvgIpc) is 3.16. The van der Waals surface area contributed by atoms with Crippen molar-refractivity contribution in [2.45, 2.75) is 6.42 Å². The van der Waals surface area contributed by atoms with Gasteiger partial charge in [0.1, 0.15) is 11.5 Å². The van der Waals surface area contributed by atoms with Gasteiger partial charge < -0.3 is 19.9 Å². The Morgan fingerprint density at radius 2 is 1.75 bits per heavy atom. The summed E-state index contributed by atoms with van der Waals surface area (Å²) in [5, 5.41) is 12.6. The first kappa shape index (κ1) is 16.6. The lowest BCUT2D eigenvalue weighted by Gasteiger charge is -2.24. The number of methoxy groups -OCH3 is 2. The van der Waals surface area contributed by atoms with Crippen LogP contribution in [0.15, 0.2) is 24.3 Å². The average molecular weight is 352 g/mol. The molecule has 0 aliphatic heterocycles. The number of carboxylic acids is 1. The fraction of sp³-hybridized carbons (Fsp3) is 0.412. The summed E-state index contributed by atoms with van der Waals surface area (Å²) in [6, 6.07) is 3.11. The summed E-state index contributed by atoms with van der Waals surface area (Å²) in [6.45, 7) is 0. The molecule has 1 aromatic rings. The van der Waals surface area contributed by atoms with Gasteiger partial charge in [0.2, 0.25) is 5.91 Å². The zero-order valence-electron chi connectivity index (χ0n) is 13.3. The Labute approximate surface area is 144 Å². The molecule has 2 N–H and O–H groups in total. The molecule has 2 aliphatic rings. The van der Waals surface area contributed by atoms with Crippen LogP contribution >= 0.6 is 11.6 Å². The second kappa shape index (κ2) is 6.36. The summed E-state index contributed by atoms with van der Waals surface area (Å²) in [7, 11) is 2.94. The third-order valence-corrected chi connectivity index (χ3v) is 5.07. The number of amides is 1. The maximum absolute atomic E-state index is 12.7. The number of nitrogens with one attached hydrogen (secondary N) is 1. The van der Waals surface area contributed by atoms with E-state index >= 15 is 0 Å². The van der Waals surface area contributed by atoms with Crippen LogP contribution in [0, 0.1) is 23.7 Å². The standard InChI is InChI=1S/C17H18ClNO5/c1-23-12-7-11(13(24-2)6-10(12)18)19-16(20)14-8-3-4-9(5-8)15(14)17(21)22/h3-4,6-9,14-15H,5H2,1-2H3,(H,19,20)(H,21,22)/t8-,9-,14+,15-/m0/s1. The molecule has 6 nitrogen and oxygen atoms in total. The van der Waals surface area contributed by atoms with Crippen LogP contribution in [-0.4, -0.2) is 31.2 Å². The summed E-state index contributed by atoms with van der Waals surface area (Å²) < 4.78 is 10.4. The Hall–Kier alpha value is -2.21. The molecular formula is C17H18ClNO5. The van der Waals surface area contributed by atoms with Crippen LogP contribution in [0.4, 0.5) is 5.69 Å². The summed E-state index contributed by atoms with van der Waals surface area (Å²) in [4.78, 5) is 24.3. The van der Waals surface area contributed by atoms with Gasteiger partial charge in [-0.3, -0.25) is 9.59 Å². The van der Waals surface area contributed by atoms with Crippen LogP contribution in [0.3, 0.4) is 0 Å². The van der Waals surface area contributed by atoms with E-state index in [1.54, 1.807) is 12.1 Å². The van der Waals surface area contributed by atoms with Gasteiger partial charge in [0.25, 0.3) is 0 Å². The normalized spacial score (nSPS) is 27.1. The number of carboxylic acid groups (broad SMARTS) is 1. The summed E-state index contributed by atoms with van der Waals surface area (Å²) >= 11 is 6.06. The van der Waals surface area contributed by atoms with Crippen molar-refractivity contribution in [1.29, 1.82) is 0 Å². The minimum Gasteiger partial charge on any atom is -0.495 e. The number of allylic oxidation sites excluding steroid dienone is 2. The quantitative estimate of drug-likeness (QED) is 0.797. The Balaban J connectivity index is 1.87. The van der Waals surface area contributed by atoms with E-state index in [1.807, 2.05) is 12.2 Å². The predicted molar refractivity (Wildman–Crippen MR) is 88.5 cm³/mol. The maximum atomic E-state index is 12.7. The van der Waals surface area contributed by atoms with Gasteiger partial charge in [-0.2, -0.15) is 0 Å². The van der Waals surface area contributed by atoms with E-state index in [4.69, 9.17) is 21.1 Å². The fourth-order valence-corrected chi connectivity index (χ4v) is 3.92. The molecule has 24 heavy (non-hydrogen) atoms. The van der Waals surface area contributed by atoms with Crippen molar-refractivity contribution < 1.29 is 24.2 Å². The van der Waals surface area contributed by atoms with E-state index in [2.05, 4.69) is 5.32 Å². The van der Waals surface area contributed by atoms with E-state index in [0.717, 1.165) is 0 Å². The van der Waals surface area contributed by atoms with Gasteiger partial charge in [0.15, 0.2) is 0 Å². The first-order valence-electron chi connectivity index (χ1n) is 7.59. The van der Waals surface area contributed by atoms with E-state index < -0.39 is 17.8 Å². The van der Waals surface area contributed by atoms with Crippen molar-refractivity contribution in [3.8, 4) is 11.5 Å². The number of rotatable bonds is 5. The number of hydrogen-bond acceptors (Lipinski definition) is 4. The lowest BCUT2D eigenvalue weighted by atomic mass is 9.82. The number of fused-ring (bicyclic) bond motifs is 2. The smallest absolute Gasteiger partial charge is 0.307 e. The zero-order chi connectivity index (χ0) is 17.4. The Morgan fingerprint density at radius 3 is 2.33 bits per heavy atom. The Kier molecular flexibility index (Phi) is 4.41. The molecule has 0 radical (unpaired) electrons. The highest BCUT2D eigenvalue weighted by atomic mass is 35.5. The van der Waals surface area contributed by atoms with Crippen LogP contribution in [0.1, 0.15) is 6.42 Å². The summed E-state index contributed by atoms with van der Waals surface area (Å²) in [5.74, 6) is -1.89. The van der Waals surface area contributed by atoms with Crippen molar-refractivity contribution >= 4 is 29.2 Å². The van der Waals surface area contributed by atoms with Gasteiger partial charge in [-0.1, -0.05) is 23.8 Å². The van der Waals surface area contributed by atoms with Crippen molar-refractivity contribution in [3.05, 3.63) is 29.3 Å². The molecule has 3 rings (SSSR count). The largest absolute Gasteiger partial charge is 0.495 e. The van der Waals surface area contributed by atoms with Crippen LogP contribution < -0.4 is 14.8 Å². The van der Waals surface area contributed by atoms with Gasteiger partial charge >= 0.3 is 5.97 Å². The Morgan fingerprint density at radius 1 is 1.12 bits per heavy atom. The van der Waals surface area contributed by atoms with Gasteiger partial charge in [-0.25, -0.2) is 0 Å². The number of ether oxygens (including phenoxy) is 2. The third-order valence-electron chi connectivity index (χ3n) is 4.78. The molecule has 4 atom stereocenters. The van der Waals surface area contributed by atoms with Crippen molar-refractivity contribution in [2.24, 2.45) is 23.7 Å². The molecular weight excluding hydrogens is 334 g/mol. The van der Waals surface area contributed by atoms with E-state index in [9.17, 15) is 14.7 Å².